The van der Waals surface area contributed by atoms with Crippen molar-refractivity contribution in [2.45, 2.75) is 33.8 Å². The second-order valence-corrected chi connectivity index (χ2v) is 6.94. The van der Waals surface area contributed by atoms with Gasteiger partial charge in [0.25, 0.3) is 5.91 Å². The molecule has 0 bridgehead atoms. The van der Waals surface area contributed by atoms with Gasteiger partial charge < -0.3 is 15.4 Å². The summed E-state index contributed by atoms with van der Waals surface area (Å²) in [5, 5.41) is 5.54. The molecule has 0 saturated heterocycles. The quantitative estimate of drug-likeness (QED) is 0.778. The van der Waals surface area contributed by atoms with Gasteiger partial charge in [-0.15, -0.1) is 11.3 Å². The number of anilines is 2. The number of aryl methyl sites for hydroxylation is 1. The maximum atomic E-state index is 12.9. The summed E-state index contributed by atoms with van der Waals surface area (Å²) in [7, 11) is 0. The molecular weight excluding hydrogens is 359 g/mol. The number of hydrogen-bond acceptors (Lipinski definition) is 5. The number of thiophene rings is 1. The Bertz CT molecular complexity index is 846. The van der Waals surface area contributed by atoms with Crippen molar-refractivity contribution in [3.63, 3.8) is 0 Å². The molecule has 6 nitrogen and oxygen atoms in total. The largest absolute Gasteiger partial charge is 0.449 e. The van der Waals surface area contributed by atoms with E-state index in [-0.39, 0.29) is 11.5 Å². The SMILES string of the molecule is CC(=O)Nc1sc(C)c(C)c1C(=O)O[C@@H](C)C(=O)Nc1ccc(F)cc1. The lowest BCUT2D eigenvalue weighted by atomic mass is 10.1. The summed E-state index contributed by atoms with van der Waals surface area (Å²) in [6.07, 6.45) is -1.07. The molecule has 1 aromatic heterocycles. The van der Waals surface area contributed by atoms with Crippen LogP contribution in [-0.2, 0) is 14.3 Å². The summed E-state index contributed by atoms with van der Waals surface area (Å²) in [4.78, 5) is 36.8. The average molecular weight is 378 g/mol. The molecule has 0 spiro atoms. The van der Waals surface area contributed by atoms with Gasteiger partial charge in [0.1, 0.15) is 10.8 Å². The van der Waals surface area contributed by atoms with Crippen LogP contribution in [0, 0.1) is 19.7 Å². The Morgan fingerprint density at radius 3 is 2.31 bits per heavy atom. The highest BCUT2D eigenvalue weighted by Gasteiger charge is 2.25. The highest BCUT2D eigenvalue weighted by atomic mass is 32.1. The predicted molar refractivity (Wildman–Crippen MR) is 98.0 cm³/mol. The summed E-state index contributed by atoms with van der Waals surface area (Å²) in [5.41, 5.74) is 1.32. The lowest BCUT2D eigenvalue weighted by molar-refractivity contribution is -0.123. The molecule has 0 aliphatic carbocycles. The highest BCUT2D eigenvalue weighted by molar-refractivity contribution is 7.16. The van der Waals surface area contributed by atoms with Crippen LogP contribution in [0.25, 0.3) is 0 Å². The molecule has 2 rings (SSSR count). The van der Waals surface area contributed by atoms with E-state index in [9.17, 15) is 18.8 Å². The first-order valence-electron chi connectivity index (χ1n) is 7.84. The van der Waals surface area contributed by atoms with Crippen LogP contribution in [0.2, 0.25) is 0 Å². The Hall–Kier alpha value is -2.74. The zero-order valence-electron chi connectivity index (χ0n) is 14.8. The monoisotopic (exact) mass is 378 g/mol. The minimum atomic E-state index is -1.07. The van der Waals surface area contributed by atoms with Crippen molar-refractivity contribution in [3.05, 3.63) is 46.1 Å². The number of rotatable bonds is 5. The molecule has 2 amide bonds. The second-order valence-electron chi connectivity index (χ2n) is 5.71. The molecule has 138 valence electrons. The van der Waals surface area contributed by atoms with Crippen molar-refractivity contribution in [2.24, 2.45) is 0 Å². The van der Waals surface area contributed by atoms with E-state index < -0.39 is 23.8 Å². The zero-order chi connectivity index (χ0) is 19.4. The molecule has 0 unspecified atom stereocenters. The van der Waals surface area contributed by atoms with Gasteiger partial charge in [0.05, 0.1) is 5.56 Å². The molecule has 0 radical (unpaired) electrons. The molecule has 0 aliphatic heterocycles. The average Bonchev–Trinajstić information content (AvgIpc) is 2.82. The summed E-state index contributed by atoms with van der Waals surface area (Å²) < 4.78 is 18.1. The first-order chi connectivity index (χ1) is 12.2. The molecule has 0 aliphatic rings. The maximum Gasteiger partial charge on any atom is 0.342 e. The molecule has 2 aromatic rings. The lowest BCUT2D eigenvalue weighted by Crippen LogP contribution is -2.30. The Morgan fingerprint density at radius 1 is 1.12 bits per heavy atom. The summed E-state index contributed by atoms with van der Waals surface area (Å²) in [6.45, 7) is 6.35. The first kappa shape index (κ1) is 19.6. The van der Waals surface area contributed by atoms with E-state index in [1.165, 1.54) is 49.4 Å². The van der Waals surface area contributed by atoms with Gasteiger partial charge in [-0.3, -0.25) is 9.59 Å². The summed E-state index contributed by atoms with van der Waals surface area (Å²) in [5.74, 6) is -1.97. The molecule has 1 atom stereocenters. The molecule has 0 fully saturated rings. The van der Waals surface area contributed by atoms with Crippen molar-refractivity contribution < 1.29 is 23.5 Å². The minimum absolute atomic E-state index is 0.240. The van der Waals surface area contributed by atoms with Crippen LogP contribution in [0.4, 0.5) is 15.1 Å². The number of amides is 2. The van der Waals surface area contributed by atoms with E-state index in [0.717, 1.165) is 4.88 Å². The third kappa shape index (κ3) is 4.66. The number of carbonyl (C=O) groups is 3. The topological polar surface area (TPSA) is 84.5 Å². The Kier molecular flexibility index (Phi) is 6.10. The van der Waals surface area contributed by atoms with Crippen LogP contribution in [0.3, 0.4) is 0 Å². The van der Waals surface area contributed by atoms with Gasteiger partial charge in [-0.2, -0.15) is 0 Å². The summed E-state index contributed by atoms with van der Waals surface area (Å²) in [6, 6.07) is 5.24. The van der Waals surface area contributed by atoms with E-state index in [2.05, 4.69) is 10.6 Å². The molecule has 0 saturated carbocycles. The molecule has 1 heterocycles. The normalized spacial score (nSPS) is 11.6. The van der Waals surface area contributed by atoms with Gasteiger partial charge in [-0.1, -0.05) is 0 Å². The molecule has 8 heteroatoms. The standard InChI is InChI=1S/C18H19FN2O4S/c1-9-11(3)26-17(20-12(4)22)15(9)18(24)25-10(2)16(23)21-14-7-5-13(19)6-8-14/h5-8,10H,1-4H3,(H,20,22)(H,21,23)/t10-/m0/s1. The molecule has 26 heavy (non-hydrogen) atoms. The van der Waals surface area contributed by atoms with Crippen LogP contribution in [0.15, 0.2) is 24.3 Å². The van der Waals surface area contributed by atoms with Crippen LogP contribution < -0.4 is 10.6 Å². The van der Waals surface area contributed by atoms with Crippen LogP contribution in [0.1, 0.15) is 34.6 Å². The number of hydrogen-bond donors (Lipinski definition) is 2. The van der Waals surface area contributed by atoms with Gasteiger partial charge in [0.2, 0.25) is 5.91 Å². The summed E-state index contributed by atoms with van der Waals surface area (Å²) >= 11 is 1.27. The fourth-order valence-electron chi connectivity index (χ4n) is 2.17. The third-order valence-corrected chi connectivity index (χ3v) is 4.77. The van der Waals surface area contributed by atoms with Gasteiger partial charge in [-0.05, 0) is 50.6 Å². The first-order valence-corrected chi connectivity index (χ1v) is 8.65. The number of esters is 1. The smallest absolute Gasteiger partial charge is 0.342 e. The maximum absolute atomic E-state index is 12.9. The van der Waals surface area contributed by atoms with Crippen LogP contribution in [-0.4, -0.2) is 23.9 Å². The molecular formula is C18H19FN2O4S. The van der Waals surface area contributed by atoms with Gasteiger partial charge in [-0.25, -0.2) is 9.18 Å². The second kappa shape index (κ2) is 8.09. The molecule has 2 N–H and O–H groups in total. The number of halogens is 1. The van der Waals surface area contributed by atoms with Crippen molar-refractivity contribution in [2.75, 3.05) is 10.6 Å². The minimum Gasteiger partial charge on any atom is -0.449 e. The van der Waals surface area contributed by atoms with E-state index >= 15 is 0 Å². The number of carbonyl (C=O) groups excluding carboxylic acids is 3. The number of ether oxygens (including phenoxy) is 1. The van der Waals surface area contributed by atoms with Crippen LogP contribution >= 0.6 is 11.3 Å². The van der Waals surface area contributed by atoms with Crippen molar-refractivity contribution >= 4 is 39.8 Å². The van der Waals surface area contributed by atoms with E-state index in [0.29, 0.717) is 16.3 Å². The van der Waals surface area contributed by atoms with Gasteiger partial charge >= 0.3 is 5.97 Å². The third-order valence-electron chi connectivity index (χ3n) is 3.64. The zero-order valence-corrected chi connectivity index (χ0v) is 15.6. The van der Waals surface area contributed by atoms with Crippen molar-refractivity contribution in [1.82, 2.24) is 0 Å². The number of nitrogens with one attached hydrogen (secondary N) is 2. The van der Waals surface area contributed by atoms with Crippen molar-refractivity contribution in [1.29, 1.82) is 0 Å². The van der Waals surface area contributed by atoms with E-state index in [4.69, 9.17) is 4.74 Å². The Morgan fingerprint density at radius 2 is 1.73 bits per heavy atom. The van der Waals surface area contributed by atoms with Crippen molar-refractivity contribution in [3.8, 4) is 0 Å². The Balaban J connectivity index is 2.10. The van der Waals surface area contributed by atoms with Gasteiger partial charge in [0, 0.05) is 17.5 Å². The van der Waals surface area contributed by atoms with E-state index in [1.54, 1.807) is 6.92 Å². The predicted octanol–water partition coefficient (Wildman–Crippen LogP) is 3.65. The molecule has 1 aromatic carbocycles. The van der Waals surface area contributed by atoms with E-state index in [1.807, 2.05) is 6.92 Å². The van der Waals surface area contributed by atoms with Gasteiger partial charge in [0.15, 0.2) is 6.10 Å². The Labute approximate surface area is 154 Å². The fraction of sp³-hybridized carbons (Fsp3) is 0.278. The highest BCUT2D eigenvalue weighted by Crippen LogP contribution is 2.33. The fourth-order valence-corrected chi connectivity index (χ4v) is 3.27. The van der Waals surface area contributed by atoms with Crippen LogP contribution in [0.5, 0.6) is 0 Å². The number of benzene rings is 1. The lowest BCUT2D eigenvalue weighted by Gasteiger charge is -2.14.